The highest BCUT2D eigenvalue weighted by Crippen LogP contribution is 2.21. The second kappa shape index (κ2) is 6.47. The van der Waals surface area contributed by atoms with Gasteiger partial charge in [0.25, 0.3) is 0 Å². The summed E-state index contributed by atoms with van der Waals surface area (Å²) in [5.41, 5.74) is 2.95. The van der Waals surface area contributed by atoms with Crippen molar-refractivity contribution in [1.82, 2.24) is 29.3 Å². The third-order valence-corrected chi connectivity index (χ3v) is 4.17. The molecular formula is C19H20N6. The third kappa shape index (κ3) is 3.03. The average molecular weight is 332 g/mol. The number of benzene rings is 1. The molecule has 0 amide bonds. The van der Waals surface area contributed by atoms with Crippen molar-refractivity contribution in [2.75, 3.05) is 0 Å². The van der Waals surface area contributed by atoms with Gasteiger partial charge in [0.05, 0.1) is 6.20 Å². The van der Waals surface area contributed by atoms with Gasteiger partial charge in [0.1, 0.15) is 11.3 Å². The Labute approximate surface area is 146 Å². The minimum absolute atomic E-state index is 0.223. The Bertz CT molecular complexity index is 970. The van der Waals surface area contributed by atoms with Gasteiger partial charge in [-0.05, 0) is 31.9 Å². The molecule has 0 radical (unpaired) electrons. The predicted molar refractivity (Wildman–Crippen MR) is 96.7 cm³/mol. The topological polar surface area (TPSA) is 61.4 Å². The molecule has 0 spiro atoms. The molecule has 0 N–H and O–H groups in total. The van der Waals surface area contributed by atoms with E-state index in [1.165, 1.54) is 5.56 Å². The van der Waals surface area contributed by atoms with Gasteiger partial charge in [-0.25, -0.2) is 19.6 Å². The highest BCUT2D eigenvalue weighted by atomic mass is 15.4. The predicted octanol–water partition coefficient (Wildman–Crippen LogP) is 3.38. The summed E-state index contributed by atoms with van der Waals surface area (Å²) in [5, 5.41) is 4.31. The Balaban J connectivity index is 1.71. The summed E-state index contributed by atoms with van der Waals surface area (Å²) < 4.78 is 3.88. The summed E-state index contributed by atoms with van der Waals surface area (Å²) in [6.07, 6.45) is 7.19. The van der Waals surface area contributed by atoms with Gasteiger partial charge in [0.15, 0.2) is 5.65 Å². The Kier molecular flexibility index (Phi) is 4.01. The maximum Gasteiger partial charge on any atom is 0.233 e. The molecule has 4 aromatic rings. The van der Waals surface area contributed by atoms with E-state index < -0.39 is 0 Å². The normalized spacial score (nSPS) is 11.5. The van der Waals surface area contributed by atoms with Gasteiger partial charge >= 0.3 is 0 Å². The zero-order chi connectivity index (χ0) is 17.2. The Morgan fingerprint density at radius 3 is 2.56 bits per heavy atom. The van der Waals surface area contributed by atoms with Crippen molar-refractivity contribution in [3.8, 4) is 5.95 Å². The monoisotopic (exact) mass is 332 g/mol. The summed E-state index contributed by atoms with van der Waals surface area (Å²) >= 11 is 0. The van der Waals surface area contributed by atoms with Crippen LogP contribution in [0.3, 0.4) is 0 Å². The molecule has 0 atom stereocenters. The molecule has 126 valence electrons. The fraction of sp³-hybridized carbons (Fsp3) is 0.263. The molecule has 0 aliphatic heterocycles. The van der Waals surface area contributed by atoms with Crippen molar-refractivity contribution >= 4 is 11.2 Å². The third-order valence-electron chi connectivity index (χ3n) is 4.17. The second-order valence-corrected chi connectivity index (χ2v) is 6.31. The Morgan fingerprint density at radius 1 is 1.00 bits per heavy atom. The lowest BCUT2D eigenvalue weighted by Crippen LogP contribution is -2.10. The lowest BCUT2D eigenvalue weighted by atomic mass is 10.1. The van der Waals surface area contributed by atoms with E-state index in [0.717, 1.165) is 35.8 Å². The fourth-order valence-electron chi connectivity index (χ4n) is 2.96. The molecule has 3 aromatic heterocycles. The van der Waals surface area contributed by atoms with Crippen LogP contribution in [0.25, 0.3) is 17.1 Å². The van der Waals surface area contributed by atoms with Gasteiger partial charge in [-0.1, -0.05) is 30.3 Å². The zero-order valence-corrected chi connectivity index (χ0v) is 14.4. The number of nitrogens with zero attached hydrogens (tertiary/aromatic N) is 6. The van der Waals surface area contributed by atoms with Crippen molar-refractivity contribution in [3.63, 3.8) is 0 Å². The lowest BCUT2D eigenvalue weighted by Gasteiger charge is -2.12. The van der Waals surface area contributed by atoms with E-state index >= 15 is 0 Å². The van der Waals surface area contributed by atoms with Crippen molar-refractivity contribution < 1.29 is 0 Å². The second-order valence-electron chi connectivity index (χ2n) is 6.31. The molecule has 0 aliphatic rings. The van der Waals surface area contributed by atoms with Gasteiger partial charge in [-0.15, -0.1) is 0 Å². The van der Waals surface area contributed by atoms with Crippen molar-refractivity contribution in [3.05, 3.63) is 66.4 Å². The molecule has 0 saturated heterocycles. The van der Waals surface area contributed by atoms with Crippen molar-refractivity contribution in [2.45, 2.75) is 32.7 Å². The van der Waals surface area contributed by atoms with Crippen LogP contribution in [0.5, 0.6) is 0 Å². The van der Waals surface area contributed by atoms with Crippen LogP contribution in [0.2, 0.25) is 0 Å². The van der Waals surface area contributed by atoms with Gasteiger partial charge in [-0.3, -0.25) is 4.57 Å². The molecule has 0 bridgehead atoms. The van der Waals surface area contributed by atoms with Gasteiger partial charge in [0.2, 0.25) is 5.95 Å². The number of hydrogen-bond acceptors (Lipinski definition) is 4. The maximum absolute atomic E-state index is 4.79. The fourth-order valence-corrected chi connectivity index (χ4v) is 2.96. The molecule has 0 saturated carbocycles. The van der Waals surface area contributed by atoms with Crippen LogP contribution in [0.15, 0.2) is 55.0 Å². The molecule has 0 aliphatic carbocycles. The van der Waals surface area contributed by atoms with Crippen molar-refractivity contribution in [2.24, 2.45) is 0 Å². The molecule has 0 unspecified atom stereocenters. The molecule has 3 heterocycles. The smallest absolute Gasteiger partial charge is 0.233 e. The number of aromatic nitrogens is 6. The molecule has 1 aromatic carbocycles. The van der Waals surface area contributed by atoms with Crippen LogP contribution in [0.1, 0.15) is 31.3 Å². The van der Waals surface area contributed by atoms with Crippen LogP contribution >= 0.6 is 0 Å². The van der Waals surface area contributed by atoms with E-state index in [-0.39, 0.29) is 6.04 Å². The molecule has 4 rings (SSSR count). The number of hydrogen-bond donors (Lipinski definition) is 0. The lowest BCUT2D eigenvalue weighted by molar-refractivity contribution is 0.582. The molecular weight excluding hydrogens is 312 g/mol. The van der Waals surface area contributed by atoms with Crippen LogP contribution in [0.4, 0.5) is 0 Å². The number of rotatable bonds is 5. The van der Waals surface area contributed by atoms with E-state index in [1.54, 1.807) is 10.9 Å². The summed E-state index contributed by atoms with van der Waals surface area (Å²) in [6.45, 7) is 4.25. The van der Waals surface area contributed by atoms with E-state index in [2.05, 4.69) is 57.7 Å². The summed E-state index contributed by atoms with van der Waals surface area (Å²) in [4.78, 5) is 14.0. The number of fused-ring (bicyclic) bond motifs is 1. The first-order chi connectivity index (χ1) is 12.2. The first-order valence-electron chi connectivity index (χ1n) is 8.50. The van der Waals surface area contributed by atoms with E-state index in [0.29, 0.717) is 0 Å². The minimum Gasteiger partial charge on any atom is -0.290 e. The Hall–Kier alpha value is -3.02. The van der Waals surface area contributed by atoms with Gasteiger partial charge < -0.3 is 0 Å². The highest BCUT2D eigenvalue weighted by molar-refractivity contribution is 5.72. The zero-order valence-electron chi connectivity index (χ0n) is 14.4. The van der Waals surface area contributed by atoms with Gasteiger partial charge in [0, 0.05) is 24.9 Å². The first kappa shape index (κ1) is 15.5. The summed E-state index contributed by atoms with van der Waals surface area (Å²) in [6, 6.07) is 12.5. The van der Waals surface area contributed by atoms with Gasteiger partial charge in [-0.2, -0.15) is 5.10 Å². The SMILES string of the molecule is CC(C)n1c(-n2cccn2)nc2cnc(CCc3ccccc3)nc21. The largest absolute Gasteiger partial charge is 0.290 e. The molecule has 6 nitrogen and oxygen atoms in total. The van der Waals surface area contributed by atoms with E-state index in [4.69, 9.17) is 4.98 Å². The highest BCUT2D eigenvalue weighted by Gasteiger charge is 2.17. The van der Waals surface area contributed by atoms with E-state index in [1.807, 2.05) is 24.5 Å². The average Bonchev–Trinajstić information content (AvgIpc) is 3.27. The standard InChI is InChI=1S/C19H20N6/c1-14(2)25-18-16(22-19(25)24-12-6-11-21-24)13-20-17(23-18)10-9-15-7-4-3-5-8-15/h3-8,11-14H,9-10H2,1-2H3. The van der Waals surface area contributed by atoms with Crippen molar-refractivity contribution in [1.29, 1.82) is 0 Å². The van der Waals surface area contributed by atoms with Crippen LogP contribution in [0, 0.1) is 0 Å². The number of imidazole rings is 1. The van der Waals surface area contributed by atoms with E-state index in [9.17, 15) is 0 Å². The summed E-state index contributed by atoms with van der Waals surface area (Å²) in [5.74, 6) is 1.61. The number of aryl methyl sites for hydroxylation is 2. The minimum atomic E-state index is 0.223. The molecule has 0 fully saturated rings. The van der Waals surface area contributed by atoms with Crippen LogP contribution < -0.4 is 0 Å². The Morgan fingerprint density at radius 2 is 1.84 bits per heavy atom. The van der Waals surface area contributed by atoms with Crippen LogP contribution in [-0.4, -0.2) is 29.3 Å². The maximum atomic E-state index is 4.79. The summed E-state index contributed by atoms with van der Waals surface area (Å²) in [7, 11) is 0. The van der Waals surface area contributed by atoms with Crippen LogP contribution in [-0.2, 0) is 12.8 Å². The quantitative estimate of drug-likeness (QED) is 0.562. The molecule has 25 heavy (non-hydrogen) atoms. The first-order valence-corrected chi connectivity index (χ1v) is 8.50. The molecule has 6 heteroatoms.